The number of fused-ring (bicyclic) bond motifs is 2. The minimum Gasteiger partial charge on any atom is -0.494 e. The molecule has 2 aliphatic carbocycles. The molecule has 3 aliphatic heterocycles. The van der Waals surface area contributed by atoms with Crippen LogP contribution in [0.5, 0.6) is 17.2 Å². The van der Waals surface area contributed by atoms with Gasteiger partial charge < -0.3 is 25.4 Å². The van der Waals surface area contributed by atoms with E-state index in [1.807, 2.05) is 12.1 Å². The van der Waals surface area contributed by atoms with Crippen molar-refractivity contribution in [3.05, 3.63) is 84.2 Å². The molecule has 3 saturated heterocycles. The molecule has 62 heavy (non-hydrogen) atoms. The lowest BCUT2D eigenvalue weighted by atomic mass is 10.0. The zero-order valence-electron chi connectivity index (χ0n) is 34.3. The molecule has 5 aliphatic rings. The van der Waals surface area contributed by atoms with Crippen LogP contribution in [0.1, 0.15) is 54.9 Å². The van der Waals surface area contributed by atoms with Crippen molar-refractivity contribution in [3.63, 3.8) is 0 Å². The fourth-order valence-electron chi connectivity index (χ4n) is 10.4. The second kappa shape index (κ2) is 16.2. The molecule has 4 N–H and O–H groups in total. The SMILES string of the molecule is COc1cccc(Oc2ccc(-c3nn(C4CC5CC(N6CCN(C7CN(c8ccc(C(=O)NC9CCC(=O)NC9=O)c(F)c8)C7)CC6)CC5C4)c4ncnc(N)c34)cc2)c1F. The van der Waals surface area contributed by atoms with Gasteiger partial charge in [-0.1, -0.05) is 6.07 Å². The molecule has 2 aromatic heterocycles. The van der Waals surface area contributed by atoms with Gasteiger partial charge in [0.15, 0.2) is 17.1 Å². The molecule has 10 rings (SSSR count). The Labute approximate surface area is 356 Å². The molecule has 15 nitrogen and oxygen atoms in total. The number of hydrogen-bond donors (Lipinski definition) is 3. The number of halogens is 2. The normalized spacial score (nSPS) is 24.5. The largest absolute Gasteiger partial charge is 0.494 e. The van der Waals surface area contributed by atoms with Crippen molar-refractivity contribution in [2.45, 2.75) is 62.7 Å². The van der Waals surface area contributed by atoms with E-state index in [0.29, 0.717) is 41.2 Å². The zero-order chi connectivity index (χ0) is 42.6. The second-order valence-corrected chi connectivity index (χ2v) is 17.2. The number of carbonyl (C=O) groups is 3. The molecule has 3 amide bonds. The fourth-order valence-corrected chi connectivity index (χ4v) is 10.4. The first-order chi connectivity index (χ1) is 30.1. The van der Waals surface area contributed by atoms with Crippen LogP contribution in [0.25, 0.3) is 22.3 Å². The number of nitrogens with one attached hydrogen (secondary N) is 2. The van der Waals surface area contributed by atoms with Crippen molar-refractivity contribution in [1.82, 2.24) is 40.2 Å². The molecule has 5 fully saturated rings. The highest BCUT2D eigenvalue weighted by Crippen LogP contribution is 2.51. The Balaban J connectivity index is 0.717. The van der Waals surface area contributed by atoms with Crippen LogP contribution in [0.3, 0.4) is 0 Å². The molecule has 0 spiro atoms. The van der Waals surface area contributed by atoms with E-state index in [0.717, 1.165) is 74.4 Å². The summed E-state index contributed by atoms with van der Waals surface area (Å²) in [6, 6.07) is 17.0. The Morgan fingerprint density at radius 3 is 2.26 bits per heavy atom. The number of piperazine rings is 1. The number of nitrogens with two attached hydrogens (primary N) is 1. The van der Waals surface area contributed by atoms with Crippen molar-refractivity contribution in [1.29, 1.82) is 0 Å². The number of hydrogen-bond acceptors (Lipinski definition) is 12. The molecular formula is C45H48F2N10O5. The standard InChI is InChI=1S/C45H48F2N10O5/c1-61-36-3-2-4-37(40(36)47)62-32-8-5-25(6-9-32)41-39-42(48)49-24-50-43(39)57(53-41)30-19-26-17-29(18-27(26)20-30)54-13-15-55(16-14-54)31-22-56(23-31)28-7-10-33(34(46)21-28)44(59)51-35-11-12-38(58)52-45(35)60/h2-10,21,24,26-27,29-31,35H,11-20,22-23H2,1H3,(H,51,59)(H2,48,49,50)(H,52,58,60). The molecule has 322 valence electrons. The minimum absolute atomic E-state index is 0.0731. The molecule has 5 aromatic rings. The highest BCUT2D eigenvalue weighted by molar-refractivity contribution is 6.04. The summed E-state index contributed by atoms with van der Waals surface area (Å²) in [5.74, 6) is -0.587. The van der Waals surface area contributed by atoms with Crippen LogP contribution >= 0.6 is 0 Å². The van der Waals surface area contributed by atoms with Gasteiger partial charge in [0.2, 0.25) is 17.6 Å². The Kier molecular flexibility index (Phi) is 10.5. The number of nitrogens with zero attached hydrogens (tertiary/aromatic N) is 7. The van der Waals surface area contributed by atoms with Gasteiger partial charge in [0.1, 0.15) is 35.4 Å². The smallest absolute Gasteiger partial charge is 0.254 e. The van der Waals surface area contributed by atoms with E-state index >= 15 is 4.39 Å². The van der Waals surface area contributed by atoms with E-state index in [4.69, 9.17) is 20.3 Å². The monoisotopic (exact) mass is 846 g/mol. The topological polar surface area (TPSA) is 173 Å². The maximum Gasteiger partial charge on any atom is 0.254 e. The van der Waals surface area contributed by atoms with Gasteiger partial charge in [-0.15, -0.1) is 0 Å². The van der Waals surface area contributed by atoms with Crippen molar-refractivity contribution in [2.24, 2.45) is 11.8 Å². The summed E-state index contributed by atoms with van der Waals surface area (Å²) in [6.07, 6.45) is 6.22. The molecule has 3 unspecified atom stereocenters. The molecule has 0 bridgehead atoms. The van der Waals surface area contributed by atoms with Crippen LogP contribution in [0, 0.1) is 23.5 Å². The van der Waals surface area contributed by atoms with Gasteiger partial charge >= 0.3 is 0 Å². The maximum atomic E-state index is 15.1. The zero-order valence-corrected chi connectivity index (χ0v) is 34.3. The summed E-state index contributed by atoms with van der Waals surface area (Å²) in [5.41, 5.74) is 9.33. The summed E-state index contributed by atoms with van der Waals surface area (Å²) in [6.45, 7) is 5.63. The van der Waals surface area contributed by atoms with Gasteiger partial charge in [-0.05, 0) is 98.5 Å². The summed E-state index contributed by atoms with van der Waals surface area (Å²) in [4.78, 5) is 52.5. The fraction of sp³-hybridized carbons (Fsp3) is 0.422. The van der Waals surface area contributed by atoms with Crippen molar-refractivity contribution < 1.29 is 32.6 Å². The molecule has 2 saturated carbocycles. The average molecular weight is 847 g/mol. The molecular weight excluding hydrogens is 799 g/mol. The Morgan fingerprint density at radius 2 is 1.56 bits per heavy atom. The van der Waals surface area contributed by atoms with Crippen LogP contribution in [0.4, 0.5) is 20.3 Å². The third-order valence-electron chi connectivity index (χ3n) is 13.7. The van der Waals surface area contributed by atoms with Crippen molar-refractivity contribution in [3.8, 4) is 28.5 Å². The van der Waals surface area contributed by atoms with Crippen molar-refractivity contribution >= 4 is 40.3 Å². The van der Waals surface area contributed by atoms with Gasteiger partial charge in [-0.2, -0.15) is 9.49 Å². The predicted octanol–water partition coefficient (Wildman–Crippen LogP) is 4.93. The van der Waals surface area contributed by atoms with Crippen LogP contribution < -0.4 is 30.7 Å². The predicted molar refractivity (Wildman–Crippen MR) is 226 cm³/mol. The van der Waals surface area contributed by atoms with E-state index in [1.54, 1.807) is 36.4 Å². The van der Waals surface area contributed by atoms with Gasteiger partial charge in [-0.25, -0.2) is 19.0 Å². The van der Waals surface area contributed by atoms with Gasteiger partial charge in [-0.3, -0.25) is 29.5 Å². The molecule has 3 aromatic carbocycles. The minimum atomic E-state index is -0.862. The van der Waals surface area contributed by atoms with E-state index in [9.17, 15) is 18.8 Å². The average Bonchev–Trinajstić information content (AvgIpc) is 3.96. The number of imide groups is 1. The first-order valence-corrected chi connectivity index (χ1v) is 21.4. The summed E-state index contributed by atoms with van der Waals surface area (Å²) in [7, 11) is 1.42. The lowest BCUT2D eigenvalue weighted by molar-refractivity contribution is -0.134. The summed E-state index contributed by atoms with van der Waals surface area (Å²) < 4.78 is 42.9. The van der Waals surface area contributed by atoms with E-state index in [2.05, 4.69) is 40.0 Å². The molecule has 3 atom stereocenters. The van der Waals surface area contributed by atoms with Crippen molar-refractivity contribution in [2.75, 3.05) is 57.0 Å². The number of benzene rings is 3. The quantitative estimate of drug-likeness (QED) is 0.162. The van der Waals surface area contributed by atoms with Crippen LogP contribution in [0.15, 0.2) is 67.0 Å². The number of ether oxygens (including phenoxy) is 2. The molecule has 0 radical (unpaired) electrons. The second-order valence-electron chi connectivity index (χ2n) is 17.2. The van der Waals surface area contributed by atoms with E-state index in [-0.39, 0.29) is 41.9 Å². The van der Waals surface area contributed by atoms with E-state index in [1.165, 1.54) is 38.4 Å². The van der Waals surface area contributed by atoms with Gasteiger partial charge in [0.05, 0.1) is 24.1 Å². The molecule has 5 heterocycles. The number of nitrogen functional groups attached to an aromatic ring is 1. The third-order valence-corrected chi connectivity index (χ3v) is 13.7. The number of aromatic nitrogens is 4. The number of piperidine rings is 1. The number of carbonyl (C=O) groups excluding carboxylic acids is 3. The summed E-state index contributed by atoms with van der Waals surface area (Å²) in [5, 5.41) is 10.6. The van der Waals surface area contributed by atoms with Gasteiger partial charge in [0.25, 0.3) is 5.91 Å². The lowest BCUT2D eigenvalue weighted by Crippen LogP contribution is -2.63. The Hall–Kier alpha value is -6.20. The number of amides is 3. The highest BCUT2D eigenvalue weighted by Gasteiger charge is 2.46. The van der Waals surface area contributed by atoms with Crippen LogP contribution in [0.2, 0.25) is 0 Å². The third kappa shape index (κ3) is 7.46. The highest BCUT2D eigenvalue weighted by atomic mass is 19.1. The first-order valence-electron chi connectivity index (χ1n) is 21.4. The Morgan fingerprint density at radius 1 is 0.871 bits per heavy atom. The lowest BCUT2D eigenvalue weighted by Gasteiger charge is -2.50. The van der Waals surface area contributed by atoms with Crippen LogP contribution in [-0.4, -0.2) is 112 Å². The van der Waals surface area contributed by atoms with Crippen LogP contribution in [-0.2, 0) is 9.59 Å². The molecule has 17 heteroatoms. The number of anilines is 2. The Bertz CT molecular complexity index is 2530. The number of rotatable bonds is 10. The first kappa shape index (κ1) is 39.9. The maximum absolute atomic E-state index is 15.1. The van der Waals surface area contributed by atoms with Gasteiger partial charge in [0, 0.05) is 69.0 Å². The van der Waals surface area contributed by atoms with E-state index < -0.39 is 29.5 Å². The summed E-state index contributed by atoms with van der Waals surface area (Å²) >= 11 is 0. The number of methoxy groups -OCH3 is 1.